The Balaban J connectivity index is 1.95. The number of rotatable bonds is 16. The zero-order chi connectivity index (χ0) is 27.6. The van der Waals surface area contributed by atoms with E-state index in [-0.39, 0.29) is 27.9 Å². The molecule has 8 nitrogen and oxygen atoms in total. The molecule has 2 heterocycles. The van der Waals surface area contributed by atoms with Crippen molar-refractivity contribution in [3.05, 3.63) is 11.5 Å². The molecule has 0 radical (unpaired) electrons. The fourth-order valence-electron chi connectivity index (χ4n) is 4.43. The lowest BCUT2D eigenvalue weighted by Crippen LogP contribution is -2.15. The Labute approximate surface area is 227 Å². The molecule has 210 valence electrons. The van der Waals surface area contributed by atoms with Crippen molar-refractivity contribution in [1.29, 1.82) is 0 Å². The molecular weight excluding hydrogens is 508 g/mol. The number of carbonyl (C=O) groups is 2. The summed E-state index contributed by atoms with van der Waals surface area (Å²) in [5.41, 5.74) is 0.844. The molecule has 2 aromatic heterocycles. The van der Waals surface area contributed by atoms with Gasteiger partial charge in [0.25, 0.3) is 0 Å². The van der Waals surface area contributed by atoms with Gasteiger partial charge in [-0.25, -0.2) is 8.42 Å². The SMILES string of the molecule is CCCCCCCCCCCCS(=O)(=O)CCCc1nn(C(C)=O)c2c(SC(C)=O)c(C(C)(C)C)nn12. The summed E-state index contributed by atoms with van der Waals surface area (Å²) in [5.74, 6) is 0.549. The Morgan fingerprint density at radius 3 is 1.89 bits per heavy atom. The first-order chi connectivity index (χ1) is 17.4. The maximum atomic E-state index is 12.6. The number of hydrogen-bond donors (Lipinski definition) is 0. The molecule has 0 saturated heterocycles. The van der Waals surface area contributed by atoms with Crippen molar-refractivity contribution in [2.24, 2.45) is 0 Å². The van der Waals surface area contributed by atoms with Crippen molar-refractivity contribution in [1.82, 2.24) is 19.4 Å². The van der Waals surface area contributed by atoms with Gasteiger partial charge in [0.05, 0.1) is 22.1 Å². The van der Waals surface area contributed by atoms with Gasteiger partial charge in [0.15, 0.2) is 16.6 Å². The van der Waals surface area contributed by atoms with Crippen LogP contribution in [-0.2, 0) is 26.5 Å². The van der Waals surface area contributed by atoms with Crippen molar-refractivity contribution >= 4 is 38.3 Å². The van der Waals surface area contributed by atoms with Gasteiger partial charge >= 0.3 is 0 Å². The zero-order valence-corrected chi connectivity index (χ0v) is 25.3. The summed E-state index contributed by atoms with van der Waals surface area (Å²) in [6.07, 6.45) is 12.5. The number of nitrogens with zero attached hydrogens (tertiary/aromatic N) is 4. The van der Waals surface area contributed by atoms with E-state index in [0.717, 1.165) is 30.3 Å². The van der Waals surface area contributed by atoms with Crippen LogP contribution in [0.15, 0.2) is 4.90 Å². The highest BCUT2D eigenvalue weighted by Crippen LogP contribution is 2.36. The van der Waals surface area contributed by atoms with Crippen LogP contribution < -0.4 is 0 Å². The Kier molecular flexibility index (Phi) is 12.3. The molecule has 10 heteroatoms. The van der Waals surface area contributed by atoms with Crippen LogP contribution in [0.4, 0.5) is 0 Å². The van der Waals surface area contributed by atoms with E-state index in [1.54, 1.807) is 4.52 Å². The molecule has 0 fully saturated rings. The van der Waals surface area contributed by atoms with Crippen molar-refractivity contribution in [3.8, 4) is 0 Å². The van der Waals surface area contributed by atoms with E-state index < -0.39 is 9.84 Å². The number of hydrogen-bond acceptors (Lipinski definition) is 7. The molecule has 0 unspecified atom stereocenters. The predicted octanol–water partition coefficient (Wildman–Crippen LogP) is 6.40. The third-order valence-electron chi connectivity index (χ3n) is 6.40. The standard InChI is InChI=1S/C27H46N4O4S2/c1-7-8-9-10-11-12-13-14-15-16-19-37(34,35)20-17-18-23-28-30(21(2)32)26-24(36-22(3)33)25(27(4,5)6)29-31(23)26/h7-20H2,1-6H3. The van der Waals surface area contributed by atoms with Crippen LogP contribution in [0.5, 0.6) is 0 Å². The molecule has 0 aliphatic rings. The summed E-state index contributed by atoms with van der Waals surface area (Å²) in [5, 5.41) is 9.05. The first-order valence-electron chi connectivity index (χ1n) is 13.8. The molecule has 0 saturated carbocycles. The van der Waals surface area contributed by atoms with Gasteiger partial charge in [0.2, 0.25) is 5.91 Å². The second-order valence-electron chi connectivity index (χ2n) is 11.0. The van der Waals surface area contributed by atoms with Crippen LogP contribution in [0.25, 0.3) is 5.65 Å². The quantitative estimate of drug-likeness (QED) is 0.175. The molecule has 0 aliphatic heterocycles. The zero-order valence-electron chi connectivity index (χ0n) is 23.6. The summed E-state index contributed by atoms with van der Waals surface area (Å²) in [6.45, 7) is 11.1. The smallest absolute Gasteiger partial charge is 0.245 e. The summed E-state index contributed by atoms with van der Waals surface area (Å²) in [4.78, 5) is 24.9. The minimum atomic E-state index is -3.14. The van der Waals surface area contributed by atoms with Crippen LogP contribution in [0, 0.1) is 0 Å². The van der Waals surface area contributed by atoms with Gasteiger partial charge in [-0.15, -0.1) is 5.10 Å². The lowest BCUT2D eigenvalue weighted by atomic mass is 9.92. The van der Waals surface area contributed by atoms with Crippen LogP contribution >= 0.6 is 11.8 Å². The first kappa shape index (κ1) is 31.5. The fourth-order valence-corrected chi connectivity index (χ4v) is 6.86. The van der Waals surface area contributed by atoms with Crippen LogP contribution in [-0.4, -0.2) is 50.3 Å². The Bertz CT molecular complexity index is 1140. The van der Waals surface area contributed by atoms with E-state index in [0.29, 0.717) is 35.6 Å². The van der Waals surface area contributed by atoms with Crippen LogP contribution in [0.1, 0.15) is 128 Å². The monoisotopic (exact) mass is 554 g/mol. The van der Waals surface area contributed by atoms with Crippen molar-refractivity contribution in [2.75, 3.05) is 11.5 Å². The molecule has 0 N–H and O–H groups in total. The Hall–Kier alpha value is -1.68. The van der Waals surface area contributed by atoms with Gasteiger partial charge in [-0.2, -0.15) is 14.3 Å². The second-order valence-corrected chi connectivity index (χ2v) is 14.5. The summed E-state index contributed by atoms with van der Waals surface area (Å²) in [7, 11) is -3.14. The highest BCUT2D eigenvalue weighted by atomic mass is 32.2. The maximum absolute atomic E-state index is 12.6. The fraction of sp³-hybridized carbons (Fsp3) is 0.778. The molecule has 0 aromatic carbocycles. The van der Waals surface area contributed by atoms with Gasteiger partial charge in [0.1, 0.15) is 9.84 Å². The van der Waals surface area contributed by atoms with E-state index in [1.807, 2.05) is 20.8 Å². The maximum Gasteiger partial charge on any atom is 0.245 e. The Morgan fingerprint density at radius 2 is 1.38 bits per heavy atom. The van der Waals surface area contributed by atoms with Gasteiger partial charge in [0, 0.05) is 25.7 Å². The molecule has 0 atom stereocenters. The lowest BCUT2D eigenvalue weighted by molar-refractivity contribution is -0.109. The summed E-state index contributed by atoms with van der Waals surface area (Å²) in [6, 6.07) is 0. The third kappa shape index (κ3) is 9.85. The van der Waals surface area contributed by atoms with Gasteiger partial charge in [-0.05, 0) is 24.6 Å². The molecule has 0 amide bonds. The van der Waals surface area contributed by atoms with E-state index >= 15 is 0 Å². The average molecular weight is 555 g/mol. The number of sulfone groups is 1. The largest absolute Gasteiger partial charge is 0.287 e. The highest BCUT2D eigenvalue weighted by Gasteiger charge is 2.30. The minimum Gasteiger partial charge on any atom is -0.287 e. The van der Waals surface area contributed by atoms with E-state index in [4.69, 9.17) is 5.10 Å². The summed E-state index contributed by atoms with van der Waals surface area (Å²) >= 11 is 1.05. The van der Waals surface area contributed by atoms with Crippen molar-refractivity contribution in [2.45, 2.75) is 129 Å². The van der Waals surface area contributed by atoms with Crippen LogP contribution in [0.3, 0.4) is 0 Å². The molecule has 2 aromatic rings. The lowest BCUT2D eigenvalue weighted by Gasteiger charge is -2.16. The summed E-state index contributed by atoms with van der Waals surface area (Å²) < 4.78 is 28.1. The second kappa shape index (κ2) is 14.5. The average Bonchev–Trinajstić information content (AvgIpc) is 3.33. The molecule has 0 aliphatic carbocycles. The van der Waals surface area contributed by atoms with Crippen molar-refractivity contribution in [3.63, 3.8) is 0 Å². The predicted molar refractivity (Wildman–Crippen MR) is 151 cm³/mol. The topological polar surface area (TPSA) is 103 Å². The first-order valence-corrected chi connectivity index (χ1v) is 16.4. The van der Waals surface area contributed by atoms with Crippen molar-refractivity contribution < 1.29 is 18.0 Å². The Morgan fingerprint density at radius 1 is 0.838 bits per heavy atom. The molecule has 37 heavy (non-hydrogen) atoms. The number of thioether (sulfide) groups is 1. The van der Waals surface area contributed by atoms with Gasteiger partial charge < -0.3 is 0 Å². The number of carbonyl (C=O) groups excluding carboxylic acids is 2. The third-order valence-corrected chi connectivity index (χ3v) is 9.09. The highest BCUT2D eigenvalue weighted by molar-refractivity contribution is 8.13. The van der Waals surface area contributed by atoms with E-state index in [2.05, 4.69) is 12.0 Å². The normalized spacial score (nSPS) is 12.5. The van der Waals surface area contributed by atoms with Gasteiger partial charge in [-0.1, -0.05) is 85.5 Å². The number of aryl methyl sites for hydroxylation is 1. The molecular formula is C27H46N4O4S2. The molecule has 0 bridgehead atoms. The van der Waals surface area contributed by atoms with Gasteiger partial charge in [-0.3, -0.25) is 9.59 Å². The van der Waals surface area contributed by atoms with E-state index in [1.165, 1.54) is 63.5 Å². The number of aromatic nitrogens is 4. The van der Waals surface area contributed by atoms with E-state index in [9.17, 15) is 18.0 Å². The number of unbranched alkanes of at least 4 members (excludes halogenated alkanes) is 9. The molecule has 0 spiro atoms. The molecule has 2 rings (SSSR count). The minimum absolute atomic E-state index is 0.0846. The van der Waals surface area contributed by atoms with Crippen LogP contribution in [0.2, 0.25) is 0 Å². The number of fused-ring (bicyclic) bond motifs is 1.